The van der Waals surface area contributed by atoms with Gasteiger partial charge in [0.15, 0.2) is 11.5 Å². The molecule has 3 aromatic rings. The van der Waals surface area contributed by atoms with Crippen molar-refractivity contribution in [3.63, 3.8) is 0 Å². The summed E-state index contributed by atoms with van der Waals surface area (Å²) in [5, 5.41) is 1.18. The van der Waals surface area contributed by atoms with Crippen LogP contribution in [-0.4, -0.2) is 5.78 Å². The lowest BCUT2D eigenvalue weighted by atomic mass is 10.1. The highest BCUT2D eigenvalue weighted by Crippen LogP contribution is 2.28. The molecule has 0 aliphatic carbocycles. The van der Waals surface area contributed by atoms with Crippen LogP contribution in [0.2, 0.25) is 10.0 Å². The minimum absolute atomic E-state index is 0.0109. The molecule has 3 rings (SSSR count). The first-order valence-electron chi connectivity index (χ1n) is 7.52. The Balaban J connectivity index is 2.05. The zero-order chi connectivity index (χ0) is 18.1. The molecule has 4 nitrogen and oxygen atoms in total. The van der Waals surface area contributed by atoms with Crippen LogP contribution in [-0.2, 0) is 6.61 Å². The second-order valence-electron chi connectivity index (χ2n) is 5.65. The van der Waals surface area contributed by atoms with Gasteiger partial charge >= 0.3 is 0 Å². The van der Waals surface area contributed by atoms with E-state index >= 15 is 0 Å². The highest BCUT2D eigenvalue weighted by atomic mass is 35.5. The zero-order valence-electron chi connectivity index (χ0n) is 13.6. The smallest absolute Gasteiger partial charge is 0.203 e. The monoisotopic (exact) mass is 376 g/mol. The van der Waals surface area contributed by atoms with Gasteiger partial charge in [-0.05, 0) is 44.2 Å². The van der Waals surface area contributed by atoms with Gasteiger partial charge in [-0.3, -0.25) is 9.59 Å². The SMILES string of the molecule is CC(=O)c1c(COc2ccc(Cl)cc2Cl)oc2ccc(C)cc2c1=O. The third kappa shape index (κ3) is 3.55. The van der Waals surface area contributed by atoms with Gasteiger partial charge in [0.1, 0.15) is 23.5 Å². The van der Waals surface area contributed by atoms with E-state index in [2.05, 4.69) is 0 Å². The van der Waals surface area contributed by atoms with Gasteiger partial charge in [-0.25, -0.2) is 0 Å². The Kier molecular flexibility index (Phi) is 4.84. The number of fused-ring (bicyclic) bond motifs is 1. The van der Waals surface area contributed by atoms with Crippen molar-refractivity contribution in [1.82, 2.24) is 0 Å². The summed E-state index contributed by atoms with van der Waals surface area (Å²) in [5.74, 6) is 0.171. The van der Waals surface area contributed by atoms with Crippen LogP contribution in [0.4, 0.5) is 0 Å². The van der Waals surface area contributed by atoms with Crippen LogP contribution in [0.1, 0.15) is 28.6 Å². The second kappa shape index (κ2) is 6.90. The van der Waals surface area contributed by atoms with Crippen molar-refractivity contribution in [2.45, 2.75) is 20.5 Å². The maximum atomic E-state index is 12.7. The van der Waals surface area contributed by atoms with Crippen molar-refractivity contribution in [1.29, 1.82) is 0 Å². The molecule has 0 saturated carbocycles. The first-order chi connectivity index (χ1) is 11.9. The third-order valence-corrected chi connectivity index (χ3v) is 4.25. The molecule has 0 bridgehead atoms. The minimum Gasteiger partial charge on any atom is -0.484 e. The first-order valence-corrected chi connectivity index (χ1v) is 8.27. The van der Waals surface area contributed by atoms with Gasteiger partial charge in [0.2, 0.25) is 5.43 Å². The van der Waals surface area contributed by atoms with Crippen molar-refractivity contribution < 1.29 is 13.9 Å². The number of carbonyl (C=O) groups excluding carboxylic acids is 1. The summed E-state index contributed by atoms with van der Waals surface area (Å²) in [6.07, 6.45) is 0. The Labute approximate surface area is 153 Å². The number of ketones is 1. The van der Waals surface area contributed by atoms with Crippen LogP contribution in [0.25, 0.3) is 11.0 Å². The predicted molar refractivity (Wildman–Crippen MR) is 98.0 cm³/mol. The molecular formula is C19H14Cl2O4. The Morgan fingerprint density at radius 3 is 2.60 bits per heavy atom. The van der Waals surface area contributed by atoms with Crippen LogP contribution < -0.4 is 10.2 Å². The van der Waals surface area contributed by atoms with Gasteiger partial charge in [0.25, 0.3) is 0 Å². The number of halogens is 2. The van der Waals surface area contributed by atoms with Crippen molar-refractivity contribution in [3.05, 3.63) is 73.6 Å². The lowest BCUT2D eigenvalue weighted by Gasteiger charge is -2.11. The number of Topliss-reactive ketones (excluding diaryl/α,β-unsaturated/α-hetero) is 1. The number of carbonyl (C=O) groups is 1. The van der Waals surface area contributed by atoms with Gasteiger partial charge in [-0.1, -0.05) is 34.8 Å². The molecule has 0 amide bonds. The lowest BCUT2D eigenvalue weighted by molar-refractivity contribution is 0.101. The Bertz CT molecular complexity index is 1040. The molecule has 0 spiro atoms. The van der Waals surface area contributed by atoms with E-state index in [1.165, 1.54) is 6.92 Å². The highest BCUT2D eigenvalue weighted by Gasteiger charge is 2.19. The van der Waals surface area contributed by atoms with Crippen LogP contribution in [0.3, 0.4) is 0 Å². The summed E-state index contributed by atoms with van der Waals surface area (Å²) >= 11 is 11.9. The quantitative estimate of drug-likeness (QED) is 0.587. The molecule has 0 unspecified atom stereocenters. The van der Waals surface area contributed by atoms with E-state index in [0.29, 0.717) is 26.8 Å². The summed E-state index contributed by atoms with van der Waals surface area (Å²) in [7, 11) is 0. The fourth-order valence-electron chi connectivity index (χ4n) is 2.55. The van der Waals surface area contributed by atoms with E-state index in [-0.39, 0.29) is 29.1 Å². The Morgan fingerprint density at radius 1 is 1.16 bits per heavy atom. The van der Waals surface area contributed by atoms with Gasteiger partial charge in [-0.15, -0.1) is 0 Å². The topological polar surface area (TPSA) is 56.5 Å². The summed E-state index contributed by atoms with van der Waals surface area (Å²) < 4.78 is 11.4. The van der Waals surface area contributed by atoms with E-state index in [1.807, 2.05) is 13.0 Å². The van der Waals surface area contributed by atoms with Crippen molar-refractivity contribution >= 4 is 40.0 Å². The average molecular weight is 377 g/mol. The first kappa shape index (κ1) is 17.5. The van der Waals surface area contributed by atoms with E-state index in [4.69, 9.17) is 32.4 Å². The minimum atomic E-state index is -0.377. The molecule has 6 heteroatoms. The van der Waals surface area contributed by atoms with Crippen molar-refractivity contribution in [2.75, 3.05) is 0 Å². The molecule has 0 saturated heterocycles. The van der Waals surface area contributed by atoms with E-state index in [9.17, 15) is 9.59 Å². The van der Waals surface area contributed by atoms with Gasteiger partial charge in [0.05, 0.1) is 10.4 Å². The molecule has 0 radical (unpaired) electrons. The van der Waals surface area contributed by atoms with Crippen molar-refractivity contribution in [3.8, 4) is 5.75 Å². The summed E-state index contributed by atoms with van der Waals surface area (Å²) in [5.41, 5.74) is 0.939. The van der Waals surface area contributed by atoms with Crippen molar-refractivity contribution in [2.24, 2.45) is 0 Å². The van der Waals surface area contributed by atoms with E-state index in [0.717, 1.165) is 5.56 Å². The Morgan fingerprint density at radius 2 is 1.92 bits per heavy atom. The highest BCUT2D eigenvalue weighted by molar-refractivity contribution is 6.35. The molecule has 1 aromatic heterocycles. The number of hydrogen-bond acceptors (Lipinski definition) is 4. The average Bonchev–Trinajstić information content (AvgIpc) is 2.54. The van der Waals surface area contributed by atoms with Crippen LogP contribution in [0.15, 0.2) is 45.6 Å². The predicted octanol–water partition coefficient (Wildman–Crippen LogP) is 5.19. The van der Waals surface area contributed by atoms with E-state index < -0.39 is 0 Å². The molecule has 128 valence electrons. The molecule has 0 atom stereocenters. The largest absolute Gasteiger partial charge is 0.484 e. The normalized spacial score (nSPS) is 10.9. The lowest BCUT2D eigenvalue weighted by Crippen LogP contribution is -2.18. The van der Waals surface area contributed by atoms with Gasteiger partial charge in [0, 0.05) is 5.02 Å². The summed E-state index contributed by atoms with van der Waals surface area (Å²) in [6, 6.07) is 10.0. The number of benzene rings is 2. The maximum Gasteiger partial charge on any atom is 0.203 e. The third-order valence-electron chi connectivity index (χ3n) is 3.72. The Hall–Kier alpha value is -2.30. The maximum absolute atomic E-state index is 12.7. The fraction of sp³-hybridized carbons (Fsp3) is 0.158. The fourth-order valence-corrected chi connectivity index (χ4v) is 3.01. The summed E-state index contributed by atoms with van der Waals surface area (Å²) in [4.78, 5) is 24.7. The van der Waals surface area contributed by atoms with Crippen LogP contribution in [0.5, 0.6) is 5.75 Å². The van der Waals surface area contributed by atoms with E-state index in [1.54, 1.807) is 30.3 Å². The molecule has 2 aromatic carbocycles. The molecule has 0 fully saturated rings. The van der Waals surface area contributed by atoms with Gasteiger partial charge in [-0.2, -0.15) is 0 Å². The van der Waals surface area contributed by atoms with Crippen LogP contribution >= 0.6 is 23.2 Å². The zero-order valence-corrected chi connectivity index (χ0v) is 15.1. The second-order valence-corrected chi connectivity index (χ2v) is 6.49. The number of hydrogen-bond donors (Lipinski definition) is 0. The van der Waals surface area contributed by atoms with Gasteiger partial charge < -0.3 is 9.15 Å². The van der Waals surface area contributed by atoms with Crippen LogP contribution in [0, 0.1) is 6.92 Å². The standard InChI is InChI=1S/C19H14Cl2O4/c1-10-3-5-15-13(7-10)19(23)18(11(2)22)17(25-15)9-24-16-6-4-12(20)8-14(16)21/h3-8H,9H2,1-2H3. The molecule has 25 heavy (non-hydrogen) atoms. The molecule has 0 N–H and O–H groups in total. The molecule has 1 heterocycles. The number of aryl methyl sites for hydroxylation is 1. The molecular weight excluding hydrogens is 363 g/mol. The number of ether oxygens (including phenoxy) is 1. The molecule has 0 aliphatic heterocycles. The summed E-state index contributed by atoms with van der Waals surface area (Å²) in [6.45, 7) is 3.09. The molecule has 0 aliphatic rings. The number of rotatable bonds is 4.